The monoisotopic (exact) mass is 444 g/mol. The Labute approximate surface area is 181 Å². The Hall–Kier alpha value is -2.75. The van der Waals surface area contributed by atoms with Crippen molar-refractivity contribution in [2.75, 3.05) is 22.7 Å². The summed E-state index contributed by atoms with van der Waals surface area (Å²) in [6.45, 7) is 3.42. The molecule has 2 N–H and O–H groups in total. The molecule has 9 heteroatoms. The van der Waals surface area contributed by atoms with E-state index >= 15 is 0 Å². The molecular formula is C21H24N4O3S2. The zero-order chi connectivity index (χ0) is 21.1. The molecule has 2 heterocycles. The molecule has 1 aliphatic heterocycles. The van der Waals surface area contributed by atoms with Crippen LogP contribution in [0.1, 0.15) is 18.1 Å². The summed E-state index contributed by atoms with van der Waals surface area (Å²) in [5, 5.41) is 5.22. The van der Waals surface area contributed by atoms with Crippen molar-refractivity contribution in [1.29, 1.82) is 0 Å². The van der Waals surface area contributed by atoms with Crippen LogP contribution in [0.3, 0.4) is 0 Å². The number of carbonyl (C=O) groups excluding carboxylic acids is 1. The minimum atomic E-state index is -3.71. The highest BCUT2D eigenvalue weighted by atomic mass is 32.2. The van der Waals surface area contributed by atoms with Gasteiger partial charge in [0, 0.05) is 31.8 Å². The largest absolute Gasteiger partial charge is 0.311 e. The molecule has 30 heavy (non-hydrogen) atoms. The Bertz CT molecular complexity index is 1150. The molecular weight excluding hydrogens is 420 g/mol. The van der Waals surface area contributed by atoms with Crippen LogP contribution in [-0.4, -0.2) is 32.4 Å². The summed E-state index contributed by atoms with van der Waals surface area (Å²) in [7, 11) is -3.71. The number of benzene rings is 2. The molecule has 7 nitrogen and oxygen atoms in total. The van der Waals surface area contributed by atoms with Crippen LogP contribution in [0.2, 0.25) is 0 Å². The average molecular weight is 445 g/mol. The smallest absolute Gasteiger partial charge is 0.263 e. The number of sulfonamides is 1. The number of aryl methyl sites for hydroxylation is 1. The number of amides is 1. The molecule has 1 aromatic heterocycles. The lowest BCUT2D eigenvalue weighted by atomic mass is 10.1. The first-order valence-corrected chi connectivity index (χ1v) is 11.9. The summed E-state index contributed by atoms with van der Waals surface area (Å²) in [6, 6.07) is 13.0. The van der Waals surface area contributed by atoms with E-state index in [-0.39, 0.29) is 18.8 Å². The van der Waals surface area contributed by atoms with Crippen molar-refractivity contribution in [3.05, 3.63) is 70.7 Å². The van der Waals surface area contributed by atoms with Crippen molar-refractivity contribution in [1.82, 2.24) is 10.3 Å². The number of fused-ring (bicyclic) bond motifs is 1. The van der Waals surface area contributed by atoms with Crippen molar-refractivity contribution in [2.24, 2.45) is 0 Å². The first kappa shape index (κ1) is 20.5. The van der Waals surface area contributed by atoms with Gasteiger partial charge >= 0.3 is 0 Å². The standard InChI is InChI=1S/C21H22N4O3S2.H2/c1-15-2-4-16(5-3-15)13-22-14-20(26)25-10-8-17-12-18(6-7-19(17)25)30(27,28)24-21-23-9-11-29-21;/h2-7,9,11-12,22H,8,10,13-14H2,1H3,(H,23,24);1H. The zero-order valence-electron chi connectivity index (χ0n) is 16.5. The fraction of sp³-hybridized carbons (Fsp3) is 0.238. The summed E-state index contributed by atoms with van der Waals surface area (Å²) >= 11 is 1.22. The summed E-state index contributed by atoms with van der Waals surface area (Å²) in [4.78, 5) is 18.5. The van der Waals surface area contributed by atoms with Crippen LogP contribution >= 0.6 is 11.3 Å². The Morgan fingerprint density at radius 1 is 1.23 bits per heavy atom. The van der Waals surface area contributed by atoms with Gasteiger partial charge in [-0.1, -0.05) is 29.8 Å². The van der Waals surface area contributed by atoms with Crippen molar-refractivity contribution in [2.45, 2.75) is 24.8 Å². The van der Waals surface area contributed by atoms with Gasteiger partial charge in [0.15, 0.2) is 5.13 Å². The van der Waals surface area contributed by atoms with Gasteiger partial charge in [0.2, 0.25) is 5.91 Å². The predicted octanol–water partition coefficient (Wildman–Crippen LogP) is 3.18. The van der Waals surface area contributed by atoms with Crippen LogP contribution in [0.15, 0.2) is 58.9 Å². The van der Waals surface area contributed by atoms with E-state index in [4.69, 9.17) is 0 Å². The number of nitrogens with one attached hydrogen (secondary N) is 2. The molecule has 0 aliphatic carbocycles. The maximum atomic E-state index is 12.7. The summed E-state index contributed by atoms with van der Waals surface area (Å²) in [5.74, 6) is -0.0302. The van der Waals surface area contributed by atoms with Gasteiger partial charge in [-0.05, 0) is 42.7 Å². The number of carbonyl (C=O) groups is 1. The number of thiazole rings is 1. The fourth-order valence-corrected chi connectivity index (χ4v) is 5.21. The van der Waals surface area contributed by atoms with Crippen LogP contribution in [0.4, 0.5) is 10.8 Å². The molecule has 2 aromatic carbocycles. The van der Waals surface area contributed by atoms with Crippen LogP contribution in [0.25, 0.3) is 0 Å². The minimum absolute atomic E-state index is 0. The van der Waals surface area contributed by atoms with Crippen molar-refractivity contribution in [3.8, 4) is 0 Å². The first-order valence-electron chi connectivity index (χ1n) is 9.54. The second-order valence-electron chi connectivity index (χ2n) is 7.12. The third kappa shape index (κ3) is 4.53. The number of hydrogen-bond donors (Lipinski definition) is 2. The van der Waals surface area contributed by atoms with E-state index in [2.05, 4.69) is 15.0 Å². The summed E-state index contributed by atoms with van der Waals surface area (Å²) < 4.78 is 27.6. The normalized spacial score (nSPS) is 13.3. The summed E-state index contributed by atoms with van der Waals surface area (Å²) in [5.41, 5.74) is 3.94. The van der Waals surface area contributed by atoms with Gasteiger partial charge in [-0.3, -0.25) is 9.52 Å². The third-order valence-electron chi connectivity index (χ3n) is 4.94. The first-order chi connectivity index (χ1) is 14.4. The second-order valence-corrected chi connectivity index (χ2v) is 9.69. The number of rotatable bonds is 7. The van der Waals surface area contributed by atoms with Crippen molar-refractivity contribution < 1.29 is 14.6 Å². The molecule has 0 saturated heterocycles. The number of hydrogen-bond acceptors (Lipinski definition) is 6. The van der Waals surface area contributed by atoms with Crippen LogP contribution in [0.5, 0.6) is 0 Å². The van der Waals surface area contributed by atoms with E-state index in [0.29, 0.717) is 24.6 Å². The molecule has 0 saturated carbocycles. The number of anilines is 2. The van der Waals surface area contributed by atoms with E-state index in [0.717, 1.165) is 16.8 Å². The van der Waals surface area contributed by atoms with E-state index in [1.807, 2.05) is 31.2 Å². The maximum Gasteiger partial charge on any atom is 0.263 e. The number of aromatic nitrogens is 1. The Morgan fingerprint density at radius 3 is 2.77 bits per heavy atom. The highest BCUT2D eigenvalue weighted by Gasteiger charge is 2.26. The molecule has 0 atom stereocenters. The molecule has 0 fully saturated rings. The fourth-order valence-electron chi connectivity index (χ4n) is 3.37. The summed E-state index contributed by atoms with van der Waals surface area (Å²) in [6.07, 6.45) is 2.17. The number of nitrogens with zero attached hydrogens (tertiary/aromatic N) is 2. The van der Waals surface area contributed by atoms with Crippen LogP contribution < -0.4 is 14.9 Å². The molecule has 158 valence electrons. The Kier molecular flexibility index (Phi) is 5.85. The third-order valence-corrected chi connectivity index (χ3v) is 7.09. The van der Waals surface area contributed by atoms with Crippen molar-refractivity contribution in [3.63, 3.8) is 0 Å². The lowest BCUT2D eigenvalue weighted by Crippen LogP contribution is -2.36. The molecule has 0 unspecified atom stereocenters. The molecule has 1 amide bonds. The van der Waals surface area contributed by atoms with E-state index < -0.39 is 10.0 Å². The molecule has 4 rings (SSSR count). The molecule has 0 radical (unpaired) electrons. The lowest BCUT2D eigenvalue weighted by Gasteiger charge is -2.18. The van der Waals surface area contributed by atoms with E-state index in [1.54, 1.807) is 28.6 Å². The molecule has 0 bridgehead atoms. The SMILES string of the molecule is Cc1ccc(CNCC(=O)N2CCc3cc(S(=O)(=O)Nc4nccs4)ccc32)cc1.[HH]. The zero-order valence-corrected chi connectivity index (χ0v) is 18.1. The van der Waals surface area contributed by atoms with E-state index in [1.165, 1.54) is 23.0 Å². The highest BCUT2D eigenvalue weighted by molar-refractivity contribution is 7.93. The topological polar surface area (TPSA) is 91.4 Å². The highest BCUT2D eigenvalue weighted by Crippen LogP contribution is 2.31. The van der Waals surface area contributed by atoms with Gasteiger partial charge in [0.1, 0.15) is 0 Å². The molecule has 0 spiro atoms. The second kappa shape index (κ2) is 8.55. The van der Waals surface area contributed by atoms with Gasteiger partial charge in [-0.2, -0.15) is 0 Å². The Balaban J connectivity index is 0.00000272. The minimum Gasteiger partial charge on any atom is -0.311 e. The molecule has 1 aliphatic rings. The maximum absolute atomic E-state index is 12.7. The predicted molar refractivity (Wildman–Crippen MR) is 120 cm³/mol. The quantitative estimate of drug-likeness (QED) is 0.584. The van der Waals surface area contributed by atoms with E-state index in [9.17, 15) is 13.2 Å². The van der Waals surface area contributed by atoms with Crippen LogP contribution in [-0.2, 0) is 27.8 Å². The van der Waals surface area contributed by atoms with Gasteiger partial charge < -0.3 is 10.2 Å². The average Bonchev–Trinajstić information content (AvgIpc) is 3.38. The lowest BCUT2D eigenvalue weighted by molar-refractivity contribution is -0.117. The van der Waals surface area contributed by atoms with Gasteiger partial charge in [-0.25, -0.2) is 13.4 Å². The van der Waals surface area contributed by atoms with Crippen LogP contribution in [0, 0.1) is 6.92 Å². The Morgan fingerprint density at radius 2 is 2.03 bits per heavy atom. The molecule has 3 aromatic rings. The van der Waals surface area contributed by atoms with Crippen molar-refractivity contribution >= 4 is 38.1 Å². The van der Waals surface area contributed by atoms with Gasteiger partial charge in [0.05, 0.1) is 11.4 Å². The van der Waals surface area contributed by atoms with Gasteiger partial charge in [0.25, 0.3) is 10.0 Å². The van der Waals surface area contributed by atoms with Gasteiger partial charge in [-0.15, -0.1) is 11.3 Å².